The lowest BCUT2D eigenvalue weighted by atomic mass is 9.78. The van der Waals surface area contributed by atoms with E-state index in [0.29, 0.717) is 5.92 Å². The maximum atomic E-state index is 12.5. The van der Waals surface area contributed by atoms with Crippen LogP contribution in [0.4, 0.5) is 8.78 Å². The van der Waals surface area contributed by atoms with E-state index in [1.165, 1.54) is 5.56 Å². The van der Waals surface area contributed by atoms with E-state index in [9.17, 15) is 8.78 Å². The zero-order valence-electron chi connectivity index (χ0n) is 18.7. The Balaban J connectivity index is 1.30. The number of fused-ring (bicyclic) bond motifs is 4. The third-order valence-corrected chi connectivity index (χ3v) is 7.36. The summed E-state index contributed by atoms with van der Waals surface area (Å²) in [5, 5.41) is 7.27. The first-order valence-electron chi connectivity index (χ1n) is 11.9. The normalized spacial score (nSPS) is 25.5. The van der Waals surface area contributed by atoms with Crippen molar-refractivity contribution in [2.45, 2.75) is 56.4 Å². The molecule has 0 bridgehead atoms. The molecular formula is C28H26F2N2O2. The van der Waals surface area contributed by atoms with Crippen LogP contribution in [0.15, 0.2) is 84.0 Å². The predicted octanol–water partition coefficient (Wildman–Crippen LogP) is 6.89. The Labute approximate surface area is 197 Å². The van der Waals surface area contributed by atoms with Gasteiger partial charge in [-0.1, -0.05) is 48.5 Å². The summed E-state index contributed by atoms with van der Waals surface area (Å²) < 4.78 is 36.3. The molecule has 2 heterocycles. The Kier molecular flexibility index (Phi) is 5.24. The zero-order chi connectivity index (χ0) is 23.1. The van der Waals surface area contributed by atoms with E-state index in [2.05, 4.69) is 52.2 Å². The summed E-state index contributed by atoms with van der Waals surface area (Å²) in [6.45, 7) is -2.83. The van der Waals surface area contributed by atoms with E-state index in [4.69, 9.17) is 9.84 Å². The average molecular weight is 461 g/mol. The molecule has 3 aliphatic rings. The molecule has 6 heteroatoms. The van der Waals surface area contributed by atoms with Crippen LogP contribution >= 0.6 is 0 Å². The third-order valence-electron chi connectivity index (χ3n) is 7.36. The van der Waals surface area contributed by atoms with Gasteiger partial charge >= 0.3 is 6.61 Å². The van der Waals surface area contributed by atoms with Gasteiger partial charge in [0, 0.05) is 24.8 Å². The van der Waals surface area contributed by atoms with Crippen LogP contribution in [-0.2, 0) is 0 Å². The molecule has 174 valence electrons. The van der Waals surface area contributed by atoms with Gasteiger partial charge in [0.1, 0.15) is 11.5 Å². The van der Waals surface area contributed by atoms with Crippen molar-refractivity contribution in [3.05, 3.63) is 95.6 Å². The van der Waals surface area contributed by atoms with Crippen molar-refractivity contribution in [2.75, 3.05) is 0 Å². The molecule has 0 N–H and O–H groups in total. The fourth-order valence-electron chi connectivity index (χ4n) is 5.69. The summed E-state index contributed by atoms with van der Waals surface area (Å²) >= 11 is 0. The fourth-order valence-corrected chi connectivity index (χ4v) is 5.69. The summed E-state index contributed by atoms with van der Waals surface area (Å²) in [4.78, 5) is 0. The second kappa shape index (κ2) is 8.42. The minimum Gasteiger partial charge on any atom is -0.466 e. The van der Waals surface area contributed by atoms with Crippen LogP contribution in [0.3, 0.4) is 0 Å². The maximum absolute atomic E-state index is 12.5. The van der Waals surface area contributed by atoms with Crippen molar-refractivity contribution >= 4 is 5.71 Å². The van der Waals surface area contributed by atoms with E-state index in [1.807, 2.05) is 12.1 Å². The highest BCUT2D eigenvalue weighted by atomic mass is 19.3. The molecule has 0 unspecified atom stereocenters. The molecular weight excluding hydrogens is 434 g/mol. The van der Waals surface area contributed by atoms with Crippen LogP contribution in [0.1, 0.15) is 60.8 Å². The SMILES string of the molecule is FC(F)Oc1ccc(C2=NN3[C@@H](C2)c2ccccc2OC32CCC(c3ccccc3)CC2)cc1. The largest absolute Gasteiger partial charge is 0.466 e. The maximum Gasteiger partial charge on any atom is 0.387 e. The highest BCUT2D eigenvalue weighted by Crippen LogP contribution is 2.52. The number of hydrogen-bond donors (Lipinski definition) is 0. The Morgan fingerprint density at radius 2 is 1.62 bits per heavy atom. The van der Waals surface area contributed by atoms with Crippen molar-refractivity contribution in [2.24, 2.45) is 5.10 Å². The first-order chi connectivity index (χ1) is 16.6. The lowest BCUT2D eigenvalue weighted by molar-refractivity contribution is -0.142. The van der Waals surface area contributed by atoms with Crippen LogP contribution in [0.5, 0.6) is 11.5 Å². The van der Waals surface area contributed by atoms with E-state index in [0.717, 1.165) is 54.7 Å². The Hall–Kier alpha value is -3.41. The van der Waals surface area contributed by atoms with Gasteiger partial charge in [-0.25, -0.2) is 5.01 Å². The minimum absolute atomic E-state index is 0.102. The first kappa shape index (κ1) is 21.1. The number of hydrogen-bond acceptors (Lipinski definition) is 4. The fraction of sp³-hybridized carbons (Fsp3) is 0.321. The third kappa shape index (κ3) is 3.71. The topological polar surface area (TPSA) is 34.1 Å². The van der Waals surface area contributed by atoms with Gasteiger partial charge in [-0.15, -0.1) is 0 Å². The molecule has 3 aromatic carbocycles. The number of halogens is 2. The van der Waals surface area contributed by atoms with Gasteiger partial charge in [0.15, 0.2) is 5.72 Å². The van der Waals surface area contributed by atoms with E-state index in [1.54, 1.807) is 24.3 Å². The number of alkyl halides is 2. The van der Waals surface area contributed by atoms with E-state index >= 15 is 0 Å². The molecule has 1 spiro atoms. The summed E-state index contributed by atoms with van der Waals surface area (Å²) in [6.07, 6.45) is 4.63. The van der Waals surface area contributed by atoms with Crippen molar-refractivity contribution < 1.29 is 18.3 Å². The number of para-hydroxylation sites is 1. The second-order valence-electron chi connectivity index (χ2n) is 9.29. The lowest BCUT2D eigenvalue weighted by Gasteiger charge is -2.50. The van der Waals surface area contributed by atoms with Gasteiger partial charge in [0.25, 0.3) is 0 Å². The molecule has 0 radical (unpaired) electrons. The van der Waals surface area contributed by atoms with Crippen LogP contribution in [0.25, 0.3) is 0 Å². The lowest BCUT2D eigenvalue weighted by Crippen LogP contribution is -2.55. The summed E-state index contributed by atoms with van der Waals surface area (Å²) in [6, 6.07) is 25.8. The van der Waals surface area contributed by atoms with Gasteiger partial charge in [0.05, 0.1) is 11.8 Å². The number of ether oxygens (including phenoxy) is 2. The zero-order valence-corrected chi connectivity index (χ0v) is 18.7. The molecule has 0 saturated heterocycles. The average Bonchev–Trinajstić information content (AvgIpc) is 3.32. The molecule has 4 nitrogen and oxygen atoms in total. The first-order valence-corrected chi connectivity index (χ1v) is 11.9. The quantitative estimate of drug-likeness (QED) is 0.425. The highest BCUT2D eigenvalue weighted by molar-refractivity contribution is 6.02. The van der Waals surface area contributed by atoms with Gasteiger partial charge < -0.3 is 9.47 Å². The molecule has 0 aromatic heterocycles. The second-order valence-corrected chi connectivity index (χ2v) is 9.29. The van der Waals surface area contributed by atoms with Crippen LogP contribution < -0.4 is 9.47 Å². The number of benzene rings is 3. The number of nitrogens with zero attached hydrogens (tertiary/aromatic N) is 2. The molecule has 1 fully saturated rings. The van der Waals surface area contributed by atoms with Gasteiger partial charge in [0.2, 0.25) is 0 Å². The summed E-state index contributed by atoms with van der Waals surface area (Å²) in [5.41, 5.74) is 3.93. The Bertz CT molecular complexity index is 1190. The smallest absolute Gasteiger partial charge is 0.387 e. The van der Waals surface area contributed by atoms with Crippen molar-refractivity contribution in [1.82, 2.24) is 5.01 Å². The van der Waals surface area contributed by atoms with Crippen molar-refractivity contribution in [3.8, 4) is 11.5 Å². The predicted molar refractivity (Wildman–Crippen MR) is 126 cm³/mol. The van der Waals surface area contributed by atoms with Crippen molar-refractivity contribution in [3.63, 3.8) is 0 Å². The van der Waals surface area contributed by atoms with Crippen molar-refractivity contribution in [1.29, 1.82) is 0 Å². The molecule has 0 amide bonds. The molecule has 34 heavy (non-hydrogen) atoms. The molecule has 6 rings (SSSR count). The van der Waals surface area contributed by atoms with E-state index in [-0.39, 0.29) is 11.8 Å². The monoisotopic (exact) mass is 460 g/mol. The standard InChI is InChI=1S/C28H26F2N2O2/c29-27(30)33-22-12-10-21(11-13-22)24-18-25-23-8-4-5-9-26(23)34-28(32(25)31-24)16-14-20(15-17-28)19-6-2-1-3-7-19/h1-13,20,25,27H,14-18H2/t20?,25-,28?/m0/s1. The van der Waals surface area contributed by atoms with Gasteiger partial charge in [-0.05, 0) is 60.2 Å². The molecule has 1 atom stereocenters. The van der Waals surface area contributed by atoms with Gasteiger partial charge in [-0.2, -0.15) is 13.9 Å². The molecule has 1 aliphatic carbocycles. The Morgan fingerprint density at radius 1 is 0.912 bits per heavy atom. The van der Waals surface area contributed by atoms with E-state index < -0.39 is 12.3 Å². The van der Waals surface area contributed by atoms with Gasteiger partial charge in [-0.3, -0.25) is 0 Å². The highest BCUT2D eigenvalue weighted by Gasteiger charge is 2.51. The number of rotatable bonds is 4. The van der Waals surface area contributed by atoms with Crippen LogP contribution in [0, 0.1) is 0 Å². The number of hydrazone groups is 1. The summed E-state index contributed by atoms with van der Waals surface area (Å²) in [5.74, 6) is 1.62. The van der Waals surface area contributed by atoms with Crippen LogP contribution in [0.2, 0.25) is 0 Å². The summed E-state index contributed by atoms with van der Waals surface area (Å²) in [7, 11) is 0. The Morgan fingerprint density at radius 3 is 2.35 bits per heavy atom. The minimum atomic E-state index is -2.83. The molecule has 1 saturated carbocycles. The van der Waals surface area contributed by atoms with Crippen LogP contribution in [-0.4, -0.2) is 23.1 Å². The molecule has 3 aromatic rings. The molecule has 2 aliphatic heterocycles.